The van der Waals surface area contributed by atoms with Crippen molar-refractivity contribution in [2.24, 2.45) is 5.16 Å². The second-order valence-corrected chi connectivity index (χ2v) is 11.3. The molecule has 0 fully saturated rings. The van der Waals surface area contributed by atoms with Gasteiger partial charge in [-0.05, 0) is 73.2 Å². The number of ether oxygens (including phenoxy) is 1. The number of amides is 1. The van der Waals surface area contributed by atoms with Gasteiger partial charge in [0.15, 0.2) is 5.84 Å². The molecular formula is C32H24BrClF5N3O3. The first-order valence-corrected chi connectivity index (χ1v) is 14.6. The Hall–Kier alpha value is -4.16. The quantitative estimate of drug-likeness (QED) is 0.147. The van der Waals surface area contributed by atoms with Gasteiger partial charge in [-0.2, -0.15) is 13.2 Å². The molecule has 0 saturated heterocycles. The monoisotopic (exact) mass is 707 g/mol. The van der Waals surface area contributed by atoms with E-state index in [0.717, 1.165) is 5.56 Å². The highest BCUT2D eigenvalue weighted by Gasteiger charge is 2.41. The van der Waals surface area contributed by atoms with E-state index in [2.05, 4.69) is 26.4 Å². The van der Waals surface area contributed by atoms with E-state index < -0.39 is 40.9 Å². The first kappa shape index (κ1) is 32.2. The summed E-state index contributed by atoms with van der Waals surface area (Å²) in [5, 5.41) is 7.21. The highest BCUT2D eigenvalue weighted by molar-refractivity contribution is 9.10. The van der Waals surface area contributed by atoms with Crippen molar-refractivity contribution in [3.05, 3.63) is 127 Å². The van der Waals surface area contributed by atoms with E-state index in [1.54, 1.807) is 32.2 Å². The number of anilines is 1. The molecule has 0 radical (unpaired) electrons. The maximum absolute atomic E-state index is 14.7. The van der Waals surface area contributed by atoms with Crippen molar-refractivity contribution in [2.45, 2.75) is 25.7 Å². The zero-order chi connectivity index (χ0) is 32.5. The third-order valence-corrected chi connectivity index (χ3v) is 7.83. The number of oxime groups is 1. The van der Waals surface area contributed by atoms with Gasteiger partial charge in [0.1, 0.15) is 24.0 Å². The van der Waals surface area contributed by atoms with Gasteiger partial charge in [0, 0.05) is 44.0 Å². The Kier molecular flexibility index (Phi) is 9.36. The molecule has 4 aromatic rings. The van der Waals surface area contributed by atoms with Crippen molar-refractivity contribution in [1.82, 2.24) is 4.90 Å². The predicted octanol–water partition coefficient (Wildman–Crippen LogP) is 8.96. The van der Waals surface area contributed by atoms with Gasteiger partial charge in [-0.15, -0.1) is 0 Å². The zero-order valence-corrected chi connectivity index (χ0v) is 26.0. The smallest absolute Gasteiger partial charge is 0.416 e. The SMILES string of the molecule is CCON=C1c2cc(Br)cc(NC(=O)c3cc(F)cc(C(F)(F)F)c3)c2C(c2cc(F)ccc2Cl)N1Cc1ccc(OC)cc1. The summed E-state index contributed by atoms with van der Waals surface area (Å²) in [6.07, 6.45) is -4.88. The van der Waals surface area contributed by atoms with Crippen molar-refractivity contribution < 1.29 is 36.3 Å². The molecule has 0 aromatic heterocycles. The number of fused-ring (bicyclic) bond motifs is 1. The summed E-state index contributed by atoms with van der Waals surface area (Å²) in [7, 11) is 1.54. The van der Waals surface area contributed by atoms with Gasteiger partial charge in [-0.1, -0.05) is 44.8 Å². The van der Waals surface area contributed by atoms with E-state index in [9.17, 15) is 26.7 Å². The molecule has 1 amide bonds. The Bertz CT molecular complexity index is 1780. The molecule has 0 saturated carbocycles. The number of carbonyl (C=O) groups excluding carboxylic acids is 1. The Morgan fingerprint density at radius 3 is 2.42 bits per heavy atom. The molecule has 1 unspecified atom stereocenters. The summed E-state index contributed by atoms with van der Waals surface area (Å²) in [6, 6.07) is 15.1. The molecule has 1 aliphatic rings. The van der Waals surface area contributed by atoms with Crippen molar-refractivity contribution >= 4 is 45.0 Å². The lowest BCUT2D eigenvalue weighted by Crippen LogP contribution is -2.29. The van der Waals surface area contributed by atoms with Crippen molar-refractivity contribution in [1.29, 1.82) is 0 Å². The number of hydrogen-bond donors (Lipinski definition) is 1. The predicted molar refractivity (Wildman–Crippen MR) is 163 cm³/mol. The van der Waals surface area contributed by atoms with Crippen LogP contribution in [-0.2, 0) is 17.6 Å². The Labute approximate surface area is 268 Å². The molecule has 0 aliphatic carbocycles. The van der Waals surface area contributed by atoms with Gasteiger partial charge < -0.3 is 19.8 Å². The van der Waals surface area contributed by atoms with Gasteiger partial charge in [0.05, 0.1) is 18.7 Å². The molecule has 45 heavy (non-hydrogen) atoms. The van der Waals surface area contributed by atoms with Crippen LogP contribution in [0.1, 0.15) is 51.1 Å². The number of carbonyl (C=O) groups is 1. The third kappa shape index (κ3) is 6.91. The van der Waals surface area contributed by atoms with E-state index >= 15 is 0 Å². The standard InChI is InChI=1S/C32H24BrClF5N3O3/c1-3-45-41-30-25-13-20(33)14-27(40-31(43)18-10-19(32(37,38)39)12-22(36)11-18)28(25)29(24-15-21(35)6-9-26(24)34)42(30)16-17-4-7-23(44-2)8-5-17/h4-15,29H,3,16H2,1-2H3,(H,40,43). The van der Waals surface area contributed by atoms with E-state index in [-0.39, 0.29) is 23.9 Å². The number of halogens is 7. The molecular weight excluding hydrogens is 685 g/mol. The van der Waals surface area contributed by atoms with Crippen molar-refractivity contribution in [2.75, 3.05) is 19.0 Å². The summed E-state index contributed by atoms with van der Waals surface area (Å²) in [5.41, 5.74) is 0.320. The van der Waals surface area contributed by atoms with E-state index in [1.807, 2.05) is 17.0 Å². The minimum absolute atomic E-state index is 0.147. The summed E-state index contributed by atoms with van der Waals surface area (Å²) >= 11 is 10.1. The zero-order valence-electron chi connectivity index (χ0n) is 23.7. The molecule has 5 rings (SSSR count). The van der Waals surface area contributed by atoms with Gasteiger partial charge in [-0.3, -0.25) is 4.79 Å². The van der Waals surface area contributed by atoms with Crippen molar-refractivity contribution in [3.8, 4) is 5.75 Å². The fourth-order valence-electron chi connectivity index (χ4n) is 5.08. The summed E-state index contributed by atoms with van der Waals surface area (Å²) in [5.74, 6) is -1.83. The molecule has 234 valence electrons. The number of amidine groups is 1. The minimum Gasteiger partial charge on any atom is -0.497 e. The number of nitrogens with one attached hydrogen (secondary N) is 1. The highest BCUT2D eigenvalue weighted by Crippen LogP contribution is 2.47. The number of hydrogen-bond acceptors (Lipinski definition) is 4. The summed E-state index contributed by atoms with van der Waals surface area (Å²) in [4.78, 5) is 20.7. The van der Waals surface area contributed by atoms with E-state index in [0.29, 0.717) is 50.9 Å². The number of methoxy groups -OCH3 is 1. The number of rotatable bonds is 8. The molecule has 4 aromatic carbocycles. The van der Waals surface area contributed by atoms with Gasteiger partial charge in [0.25, 0.3) is 5.91 Å². The van der Waals surface area contributed by atoms with Crippen LogP contribution in [0.4, 0.5) is 27.6 Å². The minimum atomic E-state index is -4.88. The second kappa shape index (κ2) is 13.1. The Morgan fingerprint density at radius 1 is 1.02 bits per heavy atom. The fraction of sp³-hybridized carbons (Fsp3) is 0.188. The van der Waals surface area contributed by atoms with Gasteiger partial charge in [-0.25, -0.2) is 8.78 Å². The largest absolute Gasteiger partial charge is 0.497 e. The second-order valence-electron chi connectivity index (χ2n) is 9.97. The Morgan fingerprint density at radius 2 is 1.76 bits per heavy atom. The fourth-order valence-corrected chi connectivity index (χ4v) is 5.76. The molecule has 1 N–H and O–H groups in total. The molecule has 1 aliphatic heterocycles. The van der Waals surface area contributed by atoms with Crippen LogP contribution in [0, 0.1) is 11.6 Å². The van der Waals surface area contributed by atoms with Crippen LogP contribution >= 0.6 is 27.5 Å². The molecule has 6 nitrogen and oxygen atoms in total. The van der Waals surface area contributed by atoms with Crippen LogP contribution in [0.3, 0.4) is 0 Å². The van der Waals surface area contributed by atoms with Crippen LogP contribution < -0.4 is 10.1 Å². The lowest BCUT2D eigenvalue weighted by atomic mass is 9.95. The maximum atomic E-state index is 14.7. The topological polar surface area (TPSA) is 63.2 Å². The Balaban J connectivity index is 1.69. The highest BCUT2D eigenvalue weighted by atomic mass is 79.9. The van der Waals surface area contributed by atoms with Crippen LogP contribution in [0.15, 0.2) is 82.4 Å². The lowest BCUT2D eigenvalue weighted by molar-refractivity contribution is -0.137. The summed E-state index contributed by atoms with van der Waals surface area (Å²) in [6.45, 7) is 2.18. The third-order valence-electron chi connectivity index (χ3n) is 7.02. The molecule has 1 atom stereocenters. The molecule has 0 bridgehead atoms. The van der Waals surface area contributed by atoms with Gasteiger partial charge >= 0.3 is 6.18 Å². The van der Waals surface area contributed by atoms with E-state index in [4.69, 9.17) is 21.2 Å². The van der Waals surface area contributed by atoms with Crippen molar-refractivity contribution in [3.63, 3.8) is 0 Å². The molecule has 0 spiro atoms. The van der Waals surface area contributed by atoms with Crippen LogP contribution in [0.5, 0.6) is 5.75 Å². The average Bonchev–Trinajstić information content (AvgIpc) is 3.29. The van der Waals surface area contributed by atoms with Crippen LogP contribution in [-0.4, -0.2) is 30.4 Å². The van der Waals surface area contributed by atoms with Gasteiger partial charge in [0.2, 0.25) is 0 Å². The number of nitrogens with zero attached hydrogens (tertiary/aromatic N) is 2. The average molecular weight is 709 g/mol. The molecule has 13 heteroatoms. The normalized spacial score (nSPS) is 15.3. The maximum Gasteiger partial charge on any atom is 0.416 e. The number of alkyl halides is 3. The summed E-state index contributed by atoms with van der Waals surface area (Å²) < 4.78 is 74.9. The lowest BCUT2D eigenvalue weighted by Gasteiger charge is -2.29. The van der Waals surface area contributed by atoms with E-state index in [1.165, 1.54) is 24.3 Å². The number of benzene rings is 4. The first-order chi connectivity index (χ1) is 21.4. The van der Waals surface area contributed by atoms with Crippen LogP contribution in [0.25, 0.3) is 0 Å². The molecule has 1 heterocycles. The van der Waals surface area contributed by atoms with Crippen LogP contribution in [0.2, 0.25) is 5.02 Å². The first-order valence-electron chi connectivity index (χ1n) is 13.5.